The predicted molar refractivity (Wildman–Crippen MR) is 72.8 cm³/mol. The maximum Gasteiger partial charge on any atom is 0.263 e. The van der Waals surface area contributed by atoms with Gasteiger partial charge in [-0.15, -0.1) is 0 Å². The van der Waals surface area contributed by atoms with Gasteiger partial charge in [-0.05, 0) is 24.3 Å². The molecule has 1 aromatic carbocycles. The van der Waals surface area contributed by atoms with Gasteiger partial charge in [-0.3, -0.25) is 9.71 Å². The Hall–Kier alpha value is -2.04. The summed E-state index contributed by atoms with van der Waals surface area (Å²) in [4.78, 5) is 2.80. The molecule has 0 aliphatic carbocycles. The number of hydrogen-bond acceptors (Lipinski definition) is 5. The fourth-order valence-electron chi connectivity index (χ4n) is 1.49. The molecule has 1 aromatic heterocycles. The van der Waals surface area contributed by atoms with E-state index >= 15 is 0 Å². The van der Waals surface area contributed by atoms with Crippen molar-refractivity contribution in [3.05, 3.63) is 48.5 Å². The molecule has 0 bridgehead atoms. The van der Waals surface area contributed by atoms with Gasteiger partial charge in [0.15, 0.2) is 0 Å². The lowest BCUT2D eigenvalue weighted by Crippen LogP contribution is -2.15. The van der Waals surface area contributed by atoms with E-state index in [4.69, 9.17) is 5.14 Å². The largest absolute Gasteiger partial charge is 0.280 e. The molecule has 10 heteroatoms. The van der Waals surface area contributed by atoms with E-state index in [-0.39, 0.29) is 15.5 Å². The molecule has 2 rings (SSSR count). The van der Waals surface area contributed by atoms with Crippen molar-refractivity contribution < 1.29 is 21.2 Å². The molecular weight excluding hydrogens is 321 g/mol. The van der Waals surface area contributed by atoms with Crippen LogP contribution in [0.5, 0.6) is 0 Å². The summed E-state index contributed by atoms with van der Waals surface area (Å²) >= 11 is 0. The molecule has 0 unspecified atom stereocenters. The van der Waals surface area contributed by atoms with Gasteiger partial charge in [-0.25, -0.2) is 26.4 Å². The smallest absolute Gasteiger partial charge is 0.263 e. The van der Waals surface area contributed by atoms with E-state index < -0.39 is 25.9 Å². The summed E-state index contributed by atoms with van der Waals surface area (Å²) in [7, 11) is -8.05. The zero-order valence-corrected chi connectivity index (χ0v) is 12.0. The molecule has 2 aromatic rings. The summed E-state index contributed by atoms with van der Waals surface area (Å²) in [6.45, 7) is 0. The van der Waals surface area contributed by atoms with Gasteiger partial charge in [0.25, 0.3) is 10.0 Å². The Bertz CT molecular complexity index is 882. The molecule has 0 saturated carbocycles. The minimum absolute atomic E-state index is 0.0224. The van der Waals surface area contributed by atoms with Crippen LogP contribution in [0.25, 0.3) is 0 Å². The first-order valence-electron chi connectivity index (χ1n) is 5.45. The molecule has 0 aliphatic rings. The van der Waals surface area contributed by atoms with Crippen LogP contribution in [-0.2, 0) is 20.0 Å². The van der Waals surface area contributed by atoms with Crippen molar-refractivity contribution in [3.63, 3.8) is 0 Å². The van der Waals surface area contributed by atoms with E-state index in [1.165, 1.54) is 18.2 Å². The number of pyridine rings is 1. The monoisotopic (exact) mass is 331 g/mol. The van der Waals surface area contributed by atoms with Crippen LogP contribution in [0.1, 0.15) is 0 Å². The van der Waals surface area contributed by atoms with Crippen molar-refractivity contribution in [1.82, 2.24) is 4.98 Å². The number of anilines is 1. The zero-order valence-electron chi connectivity index (χ0n) is 10.4. The lowest BCUT2D eigenvalue weighted by Gasteiger charge is -2.08. The van der Waals surface area contributed by atoms with Crippen LogP contribution in [0, 0.1) is 5.82 Å². The standard InChI is InChI=1S/C11H10FN3O4S2/c12-8-4-11(7-14-6-8)21(18,19)15-9-2-1-3-10(5-9)20(13,16)17/h1-7,15H,(H2,13,16,17). The van der Waals surface area contributed by atoms with Gasteiger partial charge >= 0.3 is 0 Å². The number of nitrogens with one attached hydrogen (secondary N) is 1. The molecule has 0 radical (unpaired) electrons. The topological polar surface area (TPSA) is 119 Å². The first-order valence-corrected chi connectivity index (χ1v) is 8.48. The Morgan fingerprint density at radius 2 is 1.76 bits per heavy atom. The second-order valence-electron chi connectivity index (χ2n) is 4.02. The Morgan fingerprint density at radius 3 is 2.38 bits per heavy atom. The van der Waals surface area contributed by atoms with Gasteiger partial charge < -0.3 is 0 Å². The fraction of sp³-hybridized carbons (Fsp3) is 0. The van der Waals surface area contributed by atoms with Gasteiger partial charge in [-0.1, -0.05) is 6.07 Å². The van der Waals surface area contributed by atoms with E-state index in [0.717, 1.165) is 24.5 Å². The van der Waals surface area contributed by atoms with Crippen molar-refractivity contribution >= 4 is 25.7 Å². The molecule has 112 valence electrons. The number of sulfonamides is 2. The third-order valence-electron chi connectivity index (χ3n) is 2.40. The molecule has 0 saturated heterocycles. The van der Waals surface area contributed by atoms with Crippen molar-refractivity contribution in [2.24, 2.45) is 5.14 Å². The molecule has 0 atom stereocenters. The highest BCUT2D eigenvalue weighted by Gasteiger charge is 2.16. The summed E-state index contributed by atoms with van der Waals surface area (Å²) < 4.78 is 61.6. The van der Waals surface area contributed by atoms with Crippen LogP contribution < -0.4 is 9.86 Å². The highest BCUT2D eigenvalue weighted by atomic mass is 32.2. The summed E-state index contributed by atoms with van der Waals surface area (Å²) in [5.41, 5.74) is -0.0224. The SMILES string of the molecule is NS(=O)(=O)c1cccc(NS(=O)(=O)c2cncc(F)c2)c1. The van der Waals surface area contributed by atoms with Gasteiger partial charge in [0.1, 0.15) is 10.7 Å². The number of benzene rings is 1. The number of hydrogen-bond donors (Lipinski definition) is 2. The average Bonchev–Trinajstić information content (AvgIpc) is 2.37. The van der Waals surface area contributed by atoms with Crippen molar-refractivity contribution in [1.29, 1.82) is 0 Å². The third kappa shape index (κ3) is 3.74. The van der Waals surface area contributed by atoms with Crippen molar-refractivity contribution in [2.75, 3.05) is 4.72 Å². The van der Waals surface area contributed by atoms with Crippen LogP contribution in [0.2, 0.25) is 0 Å². The van der Waals surface area contributed by atoms with Gasteiger partial charge in [-0.2, -0.15) is 0 Å². The Morgan fingerprint density at radius 1 is 1.05 bits per heavy atom. The van der Waals surface area contributed by atoms with E-state index in [1.54, 1.807) is 0 Å². The fourth-order valence-corrected chi connectivity index (χ4v) is 3.07. The summed E-state index contributed by atoms with van der Waals surface area (Å²) in [6, 6.07) is 5.72. The molecule has 21 heavy (non-hydrogen) atoms. The van der Waals surface area contributed by atoms with E-state index in [9.17, 15) is 21.2 Å². The molecule has 3 N–H and O–H groups in total. The predicted octanol–water partition coefficient (Wildman–Crippen LogP) is 0.669. The number of aromatic nitrogens is 1. The van der Waals surface area contributed by atoms with Crippen molar-refractivity contribution in [3.8, 4) is 0 Å². The zero-order chi connectivity index (χ0) is 15.7. The number of halogens is 1. The van der Waals surface area contributed by atoms with Crippen LogP contribution in [0.15, 0.2) is 52.5 Å². The highest BCUT2D eigenvalue weighted by molar-refractivity contribution is 7.92. The Kier molecular flexibility index (Phi) is 3.94. The van der Waals surface area contributed by atoms with E-state index in [0.29, 0.717) is 0 Å². The van der Waals surface area contributed by atoms with Crippen LogP contribution >= 0.6 is 0 Å². The maximum atomic E-state index is 13.0. The average molecular weight is 331 g/mol. The minimum atomic E-state index is -4.09. The third-order valence-corrected chi connectivity index (χ3v) is 4.66. The second kappa shape index (κ2) is 5.39. The number of nitrogens with zero attached hydrogens (tertiary/aromatic N) is 1. The number of primary sulfonamides is 1. The maximum absolute atomic E-state index is 13.0. The molecule has 7 nitrogen and oxygen atoms in total. The Labute approximate surface area is 120 Å². The second-order valence-corrected chi connectivity index (χ2v) is 7.26. The van der Waals surface area contributed by atoms with Crippen LogP contribution in [0.3, 0.4) is 0 Å². The minimum Gasteiger partial charge on any atom is -0.280 e. The van der Waals surface area contributed by atoms with E-state index in [1.807, 2.05) is 0 Å². The Balaban J connectivity index is 2.38. The molecular formula is C11H10FN3O4S2. The summed E-state index contributed by atoms with van der Waals surface area (Å²) in [5, 5.41) is 4.96. The highest BCUT2D eigenvalue weighted by Crippen LogP contribution is 2.18. The molecule has 0 aliphatic heterocycles. The van der Waals surface area contributed by atoms with Crippen LogP contribution in [0.4, 0.5) is 10.1 Å². The normalized spacial score (nSPS) is 12.1. The van der Waals surface area contributed by atoms with E-state index in [2.05, 4.69) is 9.71 Å². The molecule has 0 fully saturated rings. The molecule has 0 spiro atoms. The molecule has 1 heterocycles. The lowest BCUT2D eigenvalue weighted by molar-refractivity contribution is 0.591. The van der Waals surface area contributed by atoms with Crippen molar-refractivity contribution in [2.45, 2.75) is 9.79 Å². The van der Waals surface area contributed by atoms with Gasteiger partial charge in [0, 0.05) is 6.20 Å². The summed E-state index contributed by atoms with van der Waals surface area (Å²) in [6.07, 6.45) is 1.83. The molecule has 0 amide bonds. The van der Waals surface area contributed by atoms with Gasteiger partial charge in [0.05, 0.1) is 16.8 Å². The summed E-state index contributed by atoms with van der Waals surface area (Å²) in [5.74, 6) is -0.809. The quantitative estimate of drug-likeness (QED) is 0.853. The first-order chi connectivity index (χ1) is 9.68. The van der Waals surface area contributed by atoms with Crippen LogP contribution in [-0.4, -0.2) is 21.8 Å². The van der Waals surface area contributed by atoms with Gasteiger partial charge in [0.2, 0.25) is 10.0 Å². The number of nitrogens with two attached hydrogens (primary N) is 1. The number of rotatable bonds is 4. The lowest BCUT2D eigenvalue weighted by atomic mass is 10.3. The first kappa shape index (κ1) is 15.4.